The summed E-state index contributed by atoms with van der Waals surface area (Å²) in [5, 5.41) is 14.9. The van der Waals surface area contributed by atoms with Crippen molar-refractivity contribution in [1.29, 1.82) is 0 Å². The van der Waals surface area contributed by atoms with E-state index in [0.29, 0.717) is 5.02 Å². The lowest BCUT2D eigenvalue weighted by molar-refractivity contribution is -0.144. The Balaban J connectivity index is 2.13. The maximum atomic E-state index is 12.0. The van der Waals surface area contributed by atoms with Gasteiger partial charge >= 0.3 is 12.0 Å². The molecule has 8 heteroatoms. The van der Waals surface area contributed by atoms with Gasteiger partial charge in [0.05, 0.1) is 15.7 Å². The van der Waals surface area contributed by atoms with Crippen molar-refractivity contribution in [2.45, 2.75) is 25.3 Å². The number of carboxylic acid groups (broad SMARTS) is 1. The molecule has 1 aliphatic rings. The van der Waals surface area contributed by atoms with Crippen molar-refractivity contribution in [2.24, 2.45) is 5.92 Å². The molecule has 1 fully saturated rings. The Morgan fingerprint density at radius 3 is 2.19 bits per heavy atom. The third-order valence-corrected chi connectivity index (χ3v) is 4.27. The maximum Gasteiger partial charge on any atom is 0.329 e. The van der Waals surface area contributed by atoms with Gasteiger partial charge in [0.2, 0.25) is 0 Å². The second-order valence-corrected chi connectivity index (χ2v) is 6.36. The SMILES string of the molecule is CC(NC(=O)Nc1c(Cl)cc(Cl)cc1Cl)(C(=O)O)C1CC1. The number of carbonyl (C=O) groups excluding carboxylic acids is 1. The standard InChI is InChI=1S/C13H13Cl3N2O3/c1-13(11(19)20,6-2-3-6)18-12(21)17-10-8(15)4-7(14)5-9(10)16/h4-6H,2-3H2,1H3,(H,19,20)(H2,17,18,21). The Bertz CT molecular complexity index is 581. The van der Waals surface area contributed by atoms with Gasteiger partial charge < -0.3 is 15.7 Å². The monoisotopic (exact) mass is 350 g/mol. The van der Waals surface area contributed by atoms with E-state index in [4.69, 9.17) is 34.8 Å². The number of carboxylic acids is 1. The highest BCUT2D eigenvalue weighted by Crippen LogP contribution is 2.40. The summed E-state index contributed by atoms with van der Waals surface area (Å²) < 4.78 is 0. The number of anilines is 1. The molecule has 1 aromatic rings. The molecule has 0 aromatic heterocycles. The van der Waals surface area contributed by atoms with E-state index in [2.05, 4.69) is 10.6 Å². The van der Waals surface area contributed by atoms with Crippen molar-refractivity contribution in [2.75, 3.05) is 5.32 Å². The number of halogens is 3. The van der Waals surface area contributed by atoms with E-state index in [1.807, 2.05) is 0 Å². The number of urea groups is 1. The molecule has 0 radical (unpaired) electrons. The van der Waals surface area contributed by atoms with Crippen LogP contribution in [0.1, 0.15) is 19.8 Å². The molecule has 0 saturated heterocycles. The number of hydrogen-bond donors (Lipinski definition) is 3. The van der Waals surface area contributed by atoms with Crippen molar-refractivity contribution in [3.05, 3.63) is 27.2 Å². The van der Waals surface area contributed by atoms with E-state index in [9.17, 15) is 14.7 Å². The van der Waals surface area contributed by atoms with Crippen LogP contribution in [0.15, 0.2) is 12.1 Å². The van der Waals surface area contributed by atoms with Crippen LogP contribution >= 0.6 is 34.8 Å². The summed E-state index contributed by atoms with van der Waals surface area (Å²) in [5.74, 6) is -1.15. The van der Waals surface area contributed by atoms with E-state index in [1.165, 1.54) is 19.1 Å². The average molecular weight is 352 g/mol. The van der Waals surface area contributed by atoms with Crippen molar-refractivity contribution in [3.8, 4) is 0 Å². The molecule has 1 aliphatic carbocycles. The van der Waals surface area contributed by atoms with Crippen LogP contribution in [0.5, 0.6) is 0 Å². The lowest BCUT2D eigenvalue weighted by Crippen LogP contribution is -2.55. The predicted molar refractivity (Wildman–Crippen MR) is 82.4 cm³/mol. The molecule has 2 amide bonds. The van der Waals surface area contributed by atoms with Gasteiger partial charge in [-0.25, -0.2) is 9.59 Å². The van der Waals surface area contributed by atoms with E-state index >= 15 is 0 Å². The Kier molecular flexibility index (Phi) is 4.56. The van der Waals surface area contributed by atoms with Gasteiger partial charge in [0.15, 0.2) is 0 Å². The minimum atomic E-state index is -1.31. The molecule has 3 N–H and O–H groups in total. The fraction of sp³-hybridized carbons (Fsp3) is 0.385. The second kappa shape index (κ2) is 5.91. The fourth-order valence-corrected chi connectivity index (χ4v) is 2.94. The molecular weight excluding hydrogens is 339 g/mol. The number of nitrogens with one attached hydrogen (secondary N) is 2. The van der Waals surface area contributed by atoms with Crippen LogP contribution in [-0.4, -0.2) is 22.6 Å². The first-order valence-electron chi connectivity index (χ1n) is 6.21. The molecule has 21 heavy (non-hydrogen) atoms. The fourth-order valence-electron chi connectivity index (χ4n) is 2.03. The zero-order valence-electron chi connectivity index (χ0n) is 11.0. The van der Waals surface area contributed by atoms with Crippen LogP contribution in [0, 0.1) is 5.92 Å². The second-order valence-electron chi connectivity index (χ2n) is 5.11. The summed E-state index contributed by atoms with van der Waals surface area (Å²) in [4.78, 5) is 23.4. The minimum Gasteiger partial charge on any atom is -0.480 e. The van der Waals surface area contributed by atoms with Gasteiger partial charge in [-0.15, -0.1) is 0 Å². The summed E-state index contributed by atoms with van der Waals surface area (Å²) in [7, 11) is 0. The van der Waals surface area contributed by atoms with Gasteiger partial charge in [-0.2, -0.15) is 0 Å². The number of rotatable bonds is 4. The van der Waals surface area contributed by atoms with Crippen LogP contribution in [0.3, 0.4) is 0 Å². The van der Waals surface area contributed by atoms with Gasteiger partial charge in [0.1, 0.15) is 5.54 Å². The van der Waals surface area contributed by atoms with E-state index in [-0.39, 0.29) is 21.7 Å². The van der Waals surface area contributed by atoms with Crippen LogP contribution in [0.2, 0.25) is 15.1 Å². The molecular formula is C13H13Cl3N2O3. The molecule has 0 aliphatic heterocycles. The van der Waals surface area contributed by atoms with Gasteiger partial charge in [-0.3, -0.25) is 0 Å². The summed E-state index contributed by atoms with van der Waals surface area (Å²) in [5.41, 5.74) is -1.13. The summed E-state index contributed by atoms with van der Waals surface area (Å²) >= 11 is 17.7. The number of aliphatic carboxylic acids is 1. The van der Waals surface area contributed by atoms with Crippen LogP contribution in [-0.2, 0) is 4.79 Å². The Morgan fingerprint density at radius 1 is 1.24 bits per heavy atom. The first-order chi connectivity index (χ1) is 9.74. The molecule has 0 spiro atoms. The third-order valence-electron chi connectivity index (χ3n) is 3.46. The molecule has 1 aromatic carbocycles. The molecule has 5 nitrogen and oxygen atoms in total. The molecule has 1 saturated carbocycles. The van der Waals surface area contributed by atoms with Gasteiger partial charge in [-0.1, -0.05) is 34.8 Å². The Labute approximate surface area is 136 Å². The van der Waals surface area contributed by atoms with Crippen molar-refractivity contribution in [3.63, 3.8) is 0 Å². The van der Waals surface area contributed by atoms with Gasteiger partial charge in [-0.05, 0) is 37.8 Å². The first kappa shape index (κ1) is 16.2. The molecule has 0 heterocycles. The summed E-state index contributed by atoms with van der Waals surface area (Å²) in [6, 6.07) is 2.18. The van der Waals surface area contributed by atoms with Crippen molar-refractivity contribution < 1.29 is 14.7 Å². The third kappa shape index (κ3) is 3.54. The number of benzene rings is 1. The Hall–Kier alpha value is -1.17. The highest BCUT2D eigenvalue weighted by molar-refractivity contribution is 6.42. The van der Waals surface area contributed by atoms with Crippen molar-refractivity contribution >= 4 is 52.5 Å². The summed E-state index contributed by atoms with van der Waals surface area (Å²) in [6.07, 6.45) is 1.54. The zero-order chi connectivity index (χ0) is 15.8. The average Bonchev–Trinajstić information content (AvgIpc) is 3.17. The minimum absolute atomic E-state index is 0.0723. The molecule has 114 valence electrons. The van der Waals surface area contributed by atoms with E-state index in [1.54, 1.807) is 0 Å². The molecule has 1 unspecified atom stereocenters. The molecule has 0 bridgehead atoms. The quantitative estimate of drug-likeness (QED) is 0.766. The molecule has 1 atom stereocenters. The zero-order valence-corrected chi connectivity index (χ0v) is 13.3. The lowest BCUT2D eigenvalue weighted by atomic mass is 9.96. The molecule has 2 rings (SSSR count). The largest absolute Gasteiger partial charge is 0.480 e. The first-order valence-corrected chi connectivity index (χ1v) is 7.34. The van der Waals surface area contributed by atoms with E-state index in [0.717, 1.165) is 12.8 Å². The van der Waals surface area contributed by atoms with Gasteiger partial charge in [0.25, 0.3) is 0 Å². The van der Waals surface area contributed by atoms with Gasteiger partial charge in [0, 0.05) is 5.02 Å². The number of amides is 2. The van der Waals surface area contributed by atoms with Crippen LogP contribution in [0.25, 0.3) is 0 Å². The lowest BCUT2D eigenvalue weighted by Gasteiger charge is -2.26. The smallest absolute Gasteiger partial charge is 0.329 e. The topological polar surface area (TPSA) is 78.4 Å². The number of carbonyl (C=O) groups is 2. The van der Waals surface area contributed by atoms with Crippen molar-refractivity contribution in [1.82, 2.24) is 5.32 Å². The van der Waals surface area contributed by atoms with E-state index < -0.39 is 17.5 Å². The van der Waals surface area contributed by atoms with Crippen LogP contribution in [0.4, 0.5) is 10.5 Å². The number of hydrogen-bond acceptors (Lipinski definition) is 2. The normalized spacial score (nSPS) is 17.0. The van der Waals surface area contributed by atoms with Crippen LogP contribution < -0.4 is 10.6 Å². The maximum absolute atomic E-state index is 12.0. The Morgan fingerprint density at radius 2 is 1.76 bits per heavy atom. The highest BCUT2D eigenvalue weighted by atomic mass is 35.5. The summed E-state index contributed by atoms with van der Waals surface area (Å²) in [6.45, 7) is 1.48. The predicted octanol–water partition coefficient (Wildman–Crippen LogP) is 4.02. The highest BCUT2D eigenvalue weighted by Gasteiger charge is 2.48.